The van der Waals surface area contributed by atoms with Crippen LogP contribution < -0.4 is 14.8 Å². The number of anilines is 1. The Morgan fingerprint density at radius 3 is 2.48 bits per heavy atom. The fourth-order valence-electron chi connectivity index (χ4n) is 2.74. The van der Waals surface area contributed by atoms with Crippen molar-refractivity contribution in [2.75, 3.05) is 19.0 Å². The van der Waals surface area contributed by atoms with Gasteiger partial charge < -0.3 is 14.8 Å². The standard InChI is InChI=1S/C22H26N2O3/c1-3-4-5-6-7-15-27-19-13-11-17(12-14-19)22(25)24-20-10-8-9-18(16-23)21(20)26-2/h8-14H,3-7,15H2,1-2H3,(H,24,25). The van der Waals surface area contributed by atoms with Gasteiger partial charge in [0.25, 0.3) is 5.91 Å². The predicted molar refractivity (Wildman–Crippen MR) is 106 cm³/mol. The van der Waals surface area contributed by atoms with E-state index in [4.69, 9.17) is 14.7 Å². The molecule has 0 aliphatic rings. The molecule has 0 aromatic heterocycles. The first-order chi connectivity index (χ1) is 13.2. The number of methoxy groups -OCH3 is 1. The Morgan fingerprint density at radius 1 is 1.07 bits per heavy atom. The molecule has 0 radical (unpaired) electrons. The SMILES string of the molecule is CCCCCCCOc1ccc(C(=O)Nc2cccc(C#N)c2OC)cc1. The first-order valence-corrected chi connectivity index (χ1v) is 9.31. The van der Waals surface area contributed by atoms with Crippen molar-refractivity contribution >= 4 is 11.6 Å². The van der Waals surface area contributed by atoms with Gasteiger partial charge in [-0.2, -0.15) is 5.26 Å². The normalized spacial score (nSPS) is 10.1. The maximum Gasteiger partial charge on any atom is 0.255 e. The second kappa shape index (κ2) is 10.9. The van der Waals surface area contributed by atoms with E-state index in [0.29, 0.717) is 29.2 Å². The molecular formula is C22H26N2O3. The van der Waals surface area contributed by atoms with Gasteiger partial charge in [-0.05, 0) is 42.8 Å². The fraction of sp³-hybridized carbons (Fsp3) is 0.364. The number of amides is 1. The highest BCUT2D eigenvalue weighted by molar-refractivity contribution is 6.05. The van der Waals surface area contributed by atoms with Crippen molar-refractivity contribution in [1.82, 2.24) is 0 Å². The highest BCUT2D eigenvalue weighted by Crippen LogP contribution is 2.28. The zero-order chi connectivity index (χ0) is 19.5. The van der Waals surface area contributed by atoms with Crippen molar-refractivity contribution in [1.29, 1.82) is 5.26 Å². The summed E-state index contributed by atoms with van der Waals surface area (Å²) in [6.45, 7) is 2.89. The van der Waals surface area contributed by atoms with Crippen molar-refractivity contribution in [3.05, 3.63) is 53.6 Å². The van der Waals surface area contributed by atoms with Crippen LogP contribution >= 0.6 is 0 Å². The van der Waals surface area contributed by atoms with Gasteiger partial charge in [-0.1, -0.05) is 38.7 Å². The molecule has 142 valence electrons. The molecule has 0 fully saturated rings. The lowest BCUT2D eigenvalue weighted by Gasteiger charge is -2.12. The molecule has 0 spiro atoms. The molecule has 0 saturated heterocycles. The van der Waals surface area contributed by atoms with E-state index in [0.717, 1.165) is 12.2 Å². The molecule has 1 amide bonds. The molecular weight excluding hydrogens is 340 g/mol. The van der Waals surface area contributed by atoms with E-state index in [1.807, 2.05) is 6.07 Å². The molecule has 5 nitrogen and oxygen atoms in total. The van der Waals surface area contributed by atoms with Gasteiger partial charge in [0, 0.05) is 5.56 Å². The summed E-state index contributed by atoms with van der Waals surface area (Å²) in [5, 5.41) is 11.9. The third-order valence-electron chi connectivity index (χ3n) is 4.22. The van der Waals surface area contributed by atoms with Crippen LogP contribution in [0.1, 0.15) is 54.9 Å². The summed E-state index contributed by atoms with van der Waals surface area (Å²) in [4.78, 5) is 12.5. The third kappa shape index (κ3) is 6.03. The van der Waals surface area contributed by atoms with E-state index >= 15 is 0 Å². The second-order valence-electron chi connectivity index (χ2n) is 6.24. The van der Waals surface area contributed by atoms with Crippen LogP contribution in [-0.4, -0.2) is 19.6 Å². The topological polar surface area (TPSA) is 71.3 Å². The van der Waals surface area contributed by atoms with Crippen LogP contribution in [0.2, 0.25) is 0 Å². The van der Waals surface area contributed by atoms with Gasteiger partial charge in [-0.25, -0.2) is 0 Å². The van der Waals surface area contributed by atoms with E-state index in [1.165, 1.54) is 32.8 Å². The minimum Gasteiger partial charge on any atom is -0.494 e. The molecule has 0 bridgehead atoms. The monoisotopic (exact) mass is 366 g/mol. The van der Waals surface area contributed by atoms with Gasteiger partial charge in [0.05, 0.1) is 25.0 Å². The van der Waals surface area contributed by atoms with E-state index in [-0.39, 0.29) is 5.91 Å². The van der Waals surface area contributed by atoms with Gasteiger partial charge in [-0.15, -0.1) is 0 Å². The van der Waals surface area contributed by atoms with Crippen LogP contribution in [0, 0.1) is 11.3 Å². The summed E-state index contributed by atoms with van der Waals surface area (Å²) < 4.78 is 11.0. The summed E-state index contributed by atoms with van der Waals surface area (Å²) >= 11 is 0. The molecule has 0 aliphatic carbocycles. The highest BCUT2D eigenvalue weighted by atomic mass is 16.5. The van der Waals surface area contributed by atoms with Crippen molar-refractivity contribution in [3.63, 3.8) is 0 Å². The molecule has 5 heteroatoms. The lowest BCUT2D eigenvalue weighted by Crippen LogP contribution is -2.13. The molecule has 0 saturated carbocycles. The molecule has 2 aromatic rings. The number of carbonyl (C=O) groups is 1. The van der Waals surface area contributed by atoms with Crippen LogP contribution in [0.4, 0.5) is 5.69 Å². The number of carbonyl (C=O) groups excluding carboxylic acids is 1. The predicted octanol–water partition coefficient (Wildman–Crippen LogP) is 5.17. The Bertz CT molecular complexity index is 779. The number of nitriles is 1. The number of hydrogen-bond acceptors (Lipinski definition) is 4. The van der Waals surface area contributed by atoms with Gasteiger partial charge in [-0.3, -0.25) is 4.79 Å². The minimum absolute atomic E-state index is 0.269. The Labute approximate surface area is 160 Å². The van der Waals surface area contributed by atoms with Crippen molar-refractivity contribution in [3.8, 4) is 17.6 Å². The molecule has 2 rings (SSSR count). The van der Waals surface area contributed by atoms with Crippen LogP contribution in [-0.2, 0) is 0 Å². The molecule has 27 heavy (non-hydrogen) atoms. The molecule has 0 atom stereocenters. The fourth-order valence-corrected chi connectivity index (χ4v) is 2.74. The number of unbranched alkanes of at least 4 members (excludes halogenated alkanes) is 4. The van der Waals surface area contributed by atoms with Crippen molar-refractivity contribution in [2.45, 2.75) is 39.0 Å². The van der Waals surface area contributed by atoms with Gasteiger partial charge in [0.15, 0.2) is 5.75 Å². The second-order valence-corrected chi connectivity index (χ2v) is 6.24. The number of rotatable bonds is 10. The van der Waals surface area contributed by atoms with Crippen molar-refractivity contribution < 1.29 is 14.3 Å². The van der Waals surface area contributed by atoms with E-state index in [1.54, 1.807) is 42.5 Å². The van der Waals surface area contributed by atoms with Crippen LogP contribution in [0.3, 0.4) is 0 Å². The summed E-state index contributed by atoms with van der Waals surface area (Å²) in [6, 6.07) is 14.1. The highest BCUT2D eigenvalue weighted by Gasteiger charge is 2.13. The summed E-state index contributed by atoms with van der Waals surface area (Å²) in [7, 11) is 1.47. The number of para-hydroxylation sites is 1. The number of benzene rings is 2. The van der Waals surface area contributed by atoms with E-state index in [2.05, 4.69) is 12.2 Å². The molecule has 2 aromatic carbocycles. The minimum atomic E-state index is -0.269. The Morgan fingerprint density at radius 2 is 1.81 bits per heavy atom. The van der Waals surface area contributed by atoms with Crippen LogP contribution in [0.25, 0.3) is 0 Å². The lowest BCUT2D eigenvalue weighted by molar-refractivity contribution is 0.102. The largest absolute Gasteiger partial charge is 0.494 e. The summed E-state index contributed by atoms with van der Waals surface area (Å²) in [6.07, 6.45) is 5.97. The number of nitrogens with zero attached hydrogens (tertiary/aromatic N) is 1. The van der Waals surface area contributed by atoms with Gasteiger partial charge >= 0.3 is 0 Å². The quantitative estimate of drug-likeness (QED) is 0.589. The maximum absolute atomic E-state index is 12.5. The summed E-state index contributed by atoms with van der Waals surface area (Å²) in [5.74, 6) is 0.844. The maximum atomic E-state index is 12.5. The van der Waals surface area contributed by atoms with Crippen molar-refractivity contribution in [2.24, 2.45) is 0 Å². The third-order valence-corrected chi connectivity index (χ3v) is 4.22. The Kier molecular flexibility index (Phi) is 8.18. The van der Waals surface area contributed by atoms with Crippen LogP contribution in [0.15, 0.2) is 42.5 Å². The first kappa shape index (κ1) is 20.3. The Hall–Kier alpha value is -3.00. The van der Waals surface area contributed by atoms with E-state index < -0.39 is 0 Å². The number of ether oxygens (including phenoxy) is 2. The molecule has 0 aliphatic heterocycles. The van der Waals surface area contributed by atoms with E-state index in [9.17, 15) is 4.79 Å². The number of hydrogen-bond donors (Lipinski definition) is 1. The smallest absolute Gasteiger partial charge is 0.255 e. The Balaban J connectivity index is 1.92. The average molecular weight is 366 g/mol. The van der Waals surface area contributed by atoms with Gasteiger partial charge in [0.1, 0.15) is 11.8 Å². The molecule has 1 N–H and O–H groups in total. The van der Waals surface area contributed by atoms with Gasteiger partial charge in [0.2, 0.25) is 0 Å². The zero-order valence-corrected chi connectivity index (χ0v) is 16.0. The first-order valence-electron chi connectivity index (χ1n) is 9.31. The number of nitrogens with one attached hydrogen (secondary N) is 1. The zero-order valence-electron chi connectivity index (χ0n) is 16.0. The lowest BCUT2D eigenvalue weighted by atomic mass is 10.1. The average Bonchev–Trinajstić information content (AvgIpc) is 2.70. The summed E-state index contributed by atoms with van der Waals surface area (Å²) in [5.41, 5.74) is 1.35. The molecule has 0 unspecified atom stereocenters. The van der Waals surface area contributed by atoms with Crippen LogP contribution in [0.5, 0.6) is 11.5 Å². The molecule has 0 heterocycles.